The van der Waals surface area contributed by atoms with Crippen molar-refractivity contribution in [2.75, 3.05) is 6.61 Å². The first-order valence-electron chi connectivity index (χ1n) is 4.77. The number of nitriles is 1. The second-order valence-corrected chi connectivity index (χ2v) is 2.95. The minimum Gasteiger partial charge on any atom is -0.466 e. The minimum atomic E-state index is -0.235. The standard InChI is InChI=1S/C11H12N2O2/c1-2-15-11(14)4-3-10-7-9(8-12)5-6-13-10/h5-7H,2-4H2,1H3. The molecule has 4 nitrogen and oxygen atoms in total. The number of aromatic nitrogens is 1. The lowest BCUT2D eigenvalue weighted by Crippen LogP contribution is -2.05. The lowest BCUT2D eigenvalue weighted by Gasteiger charge is -2.01. The highest BCUT2D eigenvalue weighted by atomic mass is 16.5. The zero-order chi connectivity index (χ0) is 11.1. The highest BCUT2D eigenvalue weighted by molar-refractivity contribution is 5.69. The van der Waals surface area contributed by atoms with Crippen molar-refractivity contribution in [3.05, 3.63) is 29.6 Å². The van der Waals surface area contributed by atoms with Gasteiger partial charge < -0.3 is 4.74 Å². The van der Waals surface area contributed by atoms with Crippen LogP contribution < -0.4 is 0 Å². The molecule has 1 heterocycles. The van der Waals surface area contributed by atoms with Crippen molar-refractivity contribution < 1.29 is 9.53 Å². The molecule has 0 unspecified atom stereocenters. The van der Waals surface area contributed by atoms with Crippen LogP contribution in [0.2, 0.25) is 0 Å². The monoisotopic (exact) mass is 204 g/mol. The van der Waals surface area contributed by atoms with Crippen LogP contribution in [0.5, 0.6) is 0 Å². The average Bonchev–Trinajstić information content (AvgIpc) is 2.27. The first-order valence-corrected chi connectivity index (χ1v) is 4.77. The van der Waals surface area contributed by atoms with Crippen LogP contribution in [0, 0.1) is 11.3 Å². The van der Waals surface area contributed by atoms with E-state index in [1.54, 1.807) is 25.3 Å². The molecule has 0 bridgehead atoms. The van der Waals surface area contributed by atoms with Crippen molar-refractivity contribution in [3.63, 3.8) is 0 Å². The second kappa shape index (κ2) is 5.76. The summed E-state index contributed by atoms with van der Waals surface area (Å²) in [5.41, 5.74) is 1.30. The van der Waals surface area contributed by atoms with E-state index in [-0.39, 0.29) is 5.97 Å². The number of aryl methyl sites for hydroxylation is 1. The summed E-state index contributed by atoms with van der Waals surface area (Å²) in [6, 6.07) is 5.34. The first kappa shape index (κ1) is 11.2. The number of ether oxygens (including phenoxy) is 1. The number of nitrogens with zero attached hydrogens (tertiary/aromatic N) is 2. The Morgan fingerprint density at radius 3 is 3.13 bits per heavy atom. The molecule has 15 heavy (non-hydrogen) atoms. The number of carbonyl (C=O) groups excluding carboxylic acids is 1. The van der Waals surface area contributed by atoms with Crippen LogP contribution in [0.15, 0.2) is 18.3 Å². The molecule has 0 radical (unpaired) electrons. The van der Waals surface area contributed by atoms with E-state index in [0.29, 0.717) is 25.0 Å². The van der Waals surface area contributed by atoms with Crippen molar-refractivity contribution in [2.24, 2.45) is 0 Å². The van der Waals surface area contributed by atoms with E-state index in [0.717, 1.165) is 5.69 Å². The van der Waals surface area contributed by atoms with Gasteiger partial charge in [0.15, 0.2) is 0 Å². The summed E-state index contributed by atoms with van der Waals surface area (Å²) in [5.74, 6) is -0.235. The largest absolute Gasteiger partial charge is 0.466 e. The normalized spacial score (nSPS) is 9.33. The predicted octanol–water partition coefficient (Wildman–Crippen LogP) is 1.45. The predicted molar refractivity (Wildman–Crippen MR) is 53.9 cm³/mol. The highest BCUT2D eigenvalue weighted by Crippen LogP contribution is 2.03. The van der Waals surface area contributed by atoms with Crippen molar-refractivity contribution in [1.82, 2.24) is 4.98 Å². The van der Waals surface area contributed by atoms with E-state index >= 15 is 0 Å². The maximum Gasteiger partial charge on any atom is 0.306 e. The van der Waals surface area contributed by atoms with E-state index in [2.05, 4.69) is 4.98 Å². The molecule has 0 aliphatic rings. The average molecular weight is 204 g/mol. The van der Waals surface area contributed by atoms with Crippen LogP contribution in [0.25, 0.3) is 0 Å². The Balaban J connectivity index is 2.51. The second-order valence-electron chi connectivity index (χ2n) is 2.95. The van der Waals surface area contributed by atoms with Gasteiger partial charge in [0, 0.05) is 18.3 Å². The summed E-state index contributed by atoms with van der Waals surface area (Å²) in [5, 5.41) is 8.65. The molecule has 0 fully saturated rings. The van der Waals surface area contributed by atoms with Crippen LogP contribution in [-0.4, -0.2) is 17.6 Å². The number of hydrogen-bond donors (Lipinski definition) is 0. The summed E-state index contributed by atoms with van der Waals surface area (Å²) in [7, 11) is 0. The third-order valence-corrected chi connectivity index (χ3v) is 1.84. The number of rotatable bonds is 4. The Bertz CT molecular complexity index is 382. The first-order chi connectivity index (χ1) is 7.26. The molecule has 0 amide bonds. The molecule has 78 valence electrons. The Labute approximate surface area is 88.5 Å². The van der Waals surface area contributed by atoms with Gasteiger partial charge in [0.25, 0.3) is 0 Å². The van der Waals surface area contributed by atoms with E-state index in [4.69, 9.17) is 10.00 Å². The highest BCUT2D eigenvalue weighted by Gasteiger charge is 2.03. The van der Waals surface area contributed by atoms with Gasteiger partial charge in [-0.05, 0) is 19.1 Å². The Morgan fingerprint density at radius 2 is 2.47 bits per heavy atom. The van der Waals surface area contributed by atoms with Gasteiger partial charge in [-0.3, -0.25) is 9.78 Å². The molecule has 1 aromatic rings. The Kier molecular flexibility index (Phi) is 4.30. The number of pyridine rings is 1. The van der Waals surface area contributed by atoms with E-state index in [9.17, 15) is 4.79 Å². The number of esters is 1. The molecule has 0 aliphatic heterocycles. The third kappa shape index (κ3) is 3.77. The van der Waals surface area contributed by atoms with Gasteiger partial charge in [0.05, 0.1) is 24.7 Å². The number of hydrogen-bond acceptors (Lipinski definition) is 4. The van der Waals surface area contributed by atoms with E-state index in [1.807, 2.05) is 6.07 Å². The van der Waals surface area contributed by atoms with Gasteiger partial charge in [-0.1, -0.05) is 0 Å². The molecular formula is C11H12N2O2. The summed E-state index contributed by atoms with van der Waals surface area (Å²) in [4.78, 5) is 15.1. The van der Waals surface area contributed by atoms with Gasteiger partial charge >= 0.3 is 5.97 Å². The smallest absolute Gasteiger partial charge is 0.306 e. The van der Waals surface area contributed by atoms with Gasteiger partial charge in [-0.2, -0.15) is 5.26 Å². The SMILES string of the molecule is CCOC(=O)CCc1cc(C#N)ccn1. The maximum atomic E-state index is 11.1. The van der Waals surface area contributed by atoms with Crippen LogP contribution in [-0.2, 0) is 16.0 Å². The maximum absolute atomic E-state index is 11.1. The van der Waals surface area contributed by atoms with Crippen molar-refractivity contribution in [3.8, 4) is 6.07 Å². The molecule has 0 aromatic carbocycles. The van der Waals surface area contributed by atoms with Crippen molar-refractivity contribution in [2.45, 2.75) is 19.8 Å². The third-order valence-electron chi connectivity index (χ3n) is 1.84. The Morgan fingerprint density at radius 1 is 1.67 bits per heavy atom. The fourth-order valence-electron chi connectivity index (χ4n) is 1.15. The number of carbonyl (C=O) groups is 1. The van der Waals surface area contributed by atoms with Crippen LogP contribution in [0.3, 0.4) is 0 Å². The fraction of sp³-hybridized carbons (Fsp3) is 0.364. The molecule has 0 saturated carbocycles. The molecule has 0 atom stereocenters. The van der Waals surface area contributed by atoms with Gasteiger partial charge in [-0.15, -0.1) is 0 Å². The summed E-state index contributed by atoms with van der Waals surface area (Å²) < 4.78 is 4.79. The van der Waals surface area contributed by atoms with Gasteiger partial charge in [0.2, 0.25) is 0 Å². The summed E-state index contributed by atoms with van der Waals surface area (Å²) in [6.07, 6.45) is 2.38. The molecule has 4 heteroatoms. The lowest BCUT2D eigenvalue weighted by atomic mass is 10.2. The quantitative estimate of drug-likeness (QED) is 0.696. The molecule has 1 rings (SSSR count). The molecule has 0 N–H and O–H groups in total. The topological polar surface area (TPSA) is 63.0 Å². The lowest BCUT2D eigenvalue weighted by molar-refractivity contribution is -0.143. The van der Waals surface area contributed by atoms with Crippen LogP contribution in [0.4, 0.5) is 0 Å². The van der Waals surface area contributed by atoms with Gasteiger partial charge in [0.1, 0.15) is 0 Å². The Hall–Kier alpha value is -1.89. The zero-order valence-corrected chi connectivity index (χ0v) is 8.56. The summed E-state index contributed by atoms with van der Waals surface area (Å²) in [6.45, 7) is 2.16. The van der Waals surface area contributed by atoms with Crippen LogP contribution >= 0.6 is 0 Å². The minimum absolute atomic E-state index is 0.235. The molecular weight excluding hydrogens is 192 g/mol. The van der Waals surface area contributed by atoms with Crippen LogP contribution in [0.1, 0.15) is 24.6 Å². The van der Waals surface area contributed by atoms with Crippen molar-refractivity contribution in [1.29, 1.82) is 5.26 Å². The summed E-state index contributed by atoms with van der Waals surface area (Å²) >= 11 is 0. The van der Waals surface area contributed by atoms with E-state index in [1.165, 1.54) is 0 Å². The van der Waals surface area contributed by atoms with E-state index < -0.39 is 0 Å². The molecule has 0 spiro atoms. The zero-order valence-electron chi connectivity index (χ0n) is 8.56. The molecule has 1 aromatic heterocycles. The molecule has 0 saturated heterocycles. The molecule has 0 aliphatic carbocycles. The fourth-order valence-corrected chi connectivity index (χ4v) is 1.15. The van der Waals surface area contributed by atoms with Crippen molar-refractivity contribution >= 4 is 5.97 Å². The van der Waals surface area contributed by atoms with Gasteiger partial charge in [-0.25, -0.2) is 0 Å².